The summed E-state index contributed by atoms with van der Waals surface area (Å²) in [5.41, 5.74) is 7.46. The third kappa shape index (κ3) is 3.15. The summed E-state index contributed by atoms with van der Waals surface area (Å²) in [6.07, 6.45) is 3.61. The fraction of sp³-hybridized carbons (Fsp3) is 0.269. The lowest BCUT2D eigenvalue weighted by atomic mass is 10.0. The van der Waals surface area contributed by atoms with E-state index >= 15 is 0 Å². The molecule has 0 unspecified atom stereocenters. The first-order chi connectivity index (χ1) is 16.1. The maximum Gasteiger partial charge on any atom is 0.337 e. The van der Waals surface area contributed by atoms with E-state index < -0.39 is 0 Å². The van der Waals surface area contributed by atoms with Crippen LogP contribution in [0.4, 0.5) is 0 Å². The molecule has 3 heterocycles. The van der Waals surface area contributed by atoms with Gasteiger partial charge < -0.3 is 14.6 Å². The number of carbonyl (C=O) groups excluding carboxylic acids is 2. The van der Waals surface area contributed by atoms with Gasteiger partial charge in [-0.2, -0.15) is 5.10 Å². The number of fused-ring (bicyclic) bond motifs is 4. The van der Waals surface area contributed by atoms with Crippen LogP contribution in [0.25, 0.3) is 16.6 Å². The van der Waals surface area contributed by atoms with Crippen molar-refractivity contribution in [1.82, 2.24) is 19.7 Å². The van der Waals surface area contributed by atoms with Crippen molar-refractivity contribution in [2.75, 3.05) is 13.7 Å². The molecule has 6 rings (SSSR count). The molecule has 0 fully saturated rings. The molecule has 4 aromatic rings. The lowest BCUT2D eigenvalue weighted by Gasteiger charge is -2.27. The molecule has 0 bridgehead atoms. The molecule has 7 nitrogen and oxygen atoms in total. The highest BCUT2D eigenvalue weighted by molar-refractivity contribution is 5.97. The number of amides is 1. The molecule has 2 aromatic carbocycles. The third-order valence-electron chi connectivity index (χ3n) is 6.82. The topological polar surface area (TPSA) is 80.2 Å². The van der Waals surface area contributed by atoms with Gasteiger partial charge in [-0.05, 0) is 49.6 Å². The second-order valence-electron chi connectivity index (χ2n) is 8.69. The second-order valence-corrected chi connectivity index (χ2v) is 8.69. The molecule has 1 amide bonds. The molecule has 33 heavy (non-hydrogen) atoms. The van der Waals surface area contributed by atoms with Crippen LogP contribution in [0.3, 0.4) is 0 Å². The molecule has 2 aromatic heterocycles. The van der Waals surface area contributed by atoms with E-state index in [1.807, 2.05) is 52.0 Å². The number of nitrogens with zero attached hydrogens (tertiary/aromatic N) is 3. The smallest absolute Gasteiger partial charge is 0.337 e. The monoisotopic (exact) mass is 440 g/mol. The Balaban J connectivity index is 1.35. The molecule has 1 aliphatic heterocycles. The van der Waals surface area contributed by atoms with Crippen LogP contribution in [-0.4, -0.2) is 45.2 Å². The van der Waals surface area contributed by atoms with Crippen molar-refractivity contribution in [2.24, 2.45) is 0 Å². The molecule has 7 heteroatoms. The Kier molecular flexibility index (Phi) is 4.57. The lowest BCUT2D eigenvalue weighted by Crippen LogP contribution is -2.36. The molecule has 1 N–H and O–H groups in total. The number of aromatic nitrogens is 3. The fourth-order valence-corrected chi connectivity index (χ4v) is 5.17. The van der Waals surface area contributed by atoms with Crippen molar-refractivity contribution in [1.29, 1.82) is 0 Å². The number of ether oxygens (including phenoxy) is 1. The maximum atomic E-state index is 13.7. The first kappa shape index (κ1) is 19.8. The van der Waals surface area contributed by atoms with Gasteiger partial charge in [-0.1, -0.05) is 18.2 Å². The number of rotatable bonds is 3. The average Bonchev–Trinajstić information content (AvgIpc) is 3.56. The Labute approximate surface area is 191 Å². The molecule has 1 aliphatic carbocycles. The number of hydrogen-bond donors (Lipinski definition) is 1. The first-order valence-corrected chi connectivity index (χ1v) is 11.3. The van der Waals surface area contributed by atoms with E-state index in [1.165, 1.54) is 7.11 Å². The highest BCUT2D eigenvalue weighted by Gasteiger charge is 2.32. The number of carbonyl (C=O) groups is 2. The molecule has 0 atom stereocenters. The Hall–Kier alpha value is -3.87. The zero-order valence-electron chi connectivity index (χ0n) is 18.4. The summed E-state index contributed by atoms with van der Waals surface area (Å²) in [6.45, 7) is 1.13. The summed E-state index contributed by atoms with van der Waals surface area (Å²) in [5, 5.41) is 5.75. The zero-order valence-corrected chi connectivity index (χ0v) is 18.4. The Bertz CT molecular complexity index is 1400. The van der Waals surface area contributed by atoms with Crippen molar-refractivity contribution < 1.29 is 14.3 Å². The van der Waals surface area contributed by atoms with E-state index in [1.54, 1.807) is 6.07 Å². The zero-order chi connectivity index (χ0) is 22.5. The SMILES string of the molecule is COC(=O)c1ccc2[nH]c3c(c2c1)CN(C(=O)c1nn(-c2ccccc2)c2c1CCC2)CC3. The fourth-order valence-electron chi connectivity index (χ4n) is 5.17. The summed E-state index contributed by atoms with van der Waals surface area (Å²) in [5.74, 6) is -0.385. The normalized spacial score (nSPS) is 14.9. The van der Waals surface area contributed by atoms with E-state index in [2.05, 4.69) is 4.98 Å². The highest BCUT2D eigenvalue weighted by atomic mass is 16.5. The van der Waals surface area contributed by atoms with Gasteiger partial charge in [0.2, 0.25) is 0 Å². The van der Waals surface area contributed by atoms with E-state index in [9.17, 15) is 9.59 Å². The Morgan fingerprint density at radius 1 is 1.03 bits per heavy atom. The number of esters is 1. The molecule has 0 radical (unpaired) electrons. The van der Waals surface area contributed by atoms with E-state index in [-0.39, 0.29) is 11.9 Å². The van der Waals surface area contributed by atoms with Crippen LogP contribution in [0.15, 0.2) is 48.5 Å². The molecule has 0 spiro atoms. The van der Waals surface area contributed by atoms with Gasteiger partial charge in [-0.3, -0.25) is 4.79 Å². The Morgan fingerprint density at radius 3 is 2.70 bits per heavy atom. The van der Waals surface area contributed by atoms with E-state index in [0.29, 0.717) is 24.3 Å². The van der Waals surface area contributed by atoms with Gasteiger partial charge in [0.05, 0.1) is 18.4 Å². The van der Waals surface area contributed by atoms with E-state index in [0.717, 1.165) is 64.8 Å². The number of para-hydroxylation sites is 1. The van der Waals surface area contributed by atoms with E-state index in [4.69, 9.17) is 9.84 Å². The van der Waals surface area contributed by atoms with Gasteiger partial charge >= 0.3 is 5.97 Å². The molecule has 2 aliphatic rings. The summed E-state index contributed by atoms with van der Waals surface area (Å²) < 4.78 is 6.82. The highest BCUT2D eigenvalue weighted by Crippen LogP contribution is 2.32. The number of hydrogen-bond acceptors (Lipinski definition) is 4. The second kappa shape index (κ2) is 7.62. The molecule has 0 saturated heterocycles. The minimum absolute atomic E-state index is 0.0213. The quantitative estimate of drug-likeness (QED) is 0.491. The standard InChI is InChI=1S/C26H24N4O3/c1-33-26(32)16-10-11-21-19(14-16)20-15-29(13-12-22(20)27-21)25(31)24-18-8-5-9-23(18)30(28-24)17-6-3-2-4-7-17/h2-4,6-7,10-11,14,27H,5,8-9,12-13,15H2,1H3. The lowest BCUT2D eigenvalue weighted by molar-refractivity contribution is 0.0600. The largest absolute Gasteiger partial charge is 0.465 e. The number of methoxy groups -OCH3 is 1. The number of benzene rings is 2. The average molecular weight is 441 g/mol. The summed E-state index contributed by atoms with van der Waals surface area (Å²) >= 11 is 0. The van der Waals surface area contributed by atoms with Crippen LogP contribution in [0.5, 0.6) is 0 Å². The first-order valence-electron chi connectivity index (χ1n) is 11.3. The van der Waals surface area contributed by atoms with Gasteiger partial charge in [0.1, 0.15) is 0 Å². The van der Waals surface area contributed by atoms with Gasteiger partial charge in [0.15, 0.2) is 5.69 Å². The maximum absolute atomic E-state index is 13.7. The van der Waals surface area contributed by atoms with Gasteiger partial charge in [0.25, 0.3) is 5.91 Å². The van der Waals surface area contributed by atoms with Gasteiger partial charge in [-0.25, -0.2) is 9.48 Å². The predicted molar refractivity (Wildman–Crippen MR) is 124 cm³/mol. The Morgan fingerprint density at radius 2 is 1.88 bits per heavy atom. The minimum Gasteiger partial charge on any atom is -0.465 e. The molecular weight excluding hydrogens is 416 g/mol. The van der Waals surface area contributed by atoms with Crippen LogP contribution in [0.2, 0.25) is 0 Å². The van der Waals surface area contributed by atoms with Crippen molar-refractivity contribution in [3.8, 4) is 5.69 Å². The van der Waals surface area contributed by atoms with Crippen LogP contribution >= 0.6 is 0 Å². The number of H-pyrrole nitrogens is 1. The number of aromatic amines is 1. The van der Waals surface area contributed by atoms with Crippen LogP contribution < -0.4 is 0 Å². The minimum atomic E-state index is -0.363. The number of nitrogens with one attached hydrogen (secondary N) is 1. The molecule has 166 valence electrons. The molecular formula is C26H24N4O3. The van der Waals surface area contributed by atoms with Crippen molar-refractivity contribution >= 4 is 22.8 Å². The van der Waals surface area contributed by atoms with Gasteiger partial charge in [-0.15, -0.1) is 0 Å². The van der Waals surface area contributed by atoms with Crippen molar-refractivity contribution in [3.05, 3.63) is 82.3 Å². The van der Waals surface area contributed by atoms with Crippen LogP contribution in [0.1, 0.15) is 49.8 Å². The van der Waals surface area contributed by atoms with Crippen LogP contribution in [0, 0.1) is 0 Å². The molecule has 0 saturated carbocycles. The summed E-state index contributed by atoms with van der Waals surface area (Å²) in [6, 6.07) is 15.5. The van der Waals surface area contributed by atoms with Gasteiger partial charge in [0, 0.05) is 52.9 Å². The van der Waals surface area contributed by atoms with Crippen molar-refractivity contribution in [3.63, 3.8) is 0 Å². The third-order valence-corrected chi connectivity index (χ3v) is 6.82. The van der Waals surface area contributed by atoms with Crippen molar-refractivity contribution in [2.45, 2.75) is 32.2 Å². The summed E-state index contributed by atoms with van der Waals surface area (Å²) in [4.78, 5) is 31.0. The summed E-state index contributed by atoms with van der Waals surface area (Å²) in [7, 11) is 1.38. The predicted octanol–water partition coefficient (Wildman–Crippen LogP) is 3.83. The van der Waals surface area contributed by atoms with Crippen LogP contribution in [-0.2, 0) is 30.5 Å².